The second kappa shape index (κ2) is 8.95. The van der Waals surface area contributed by atoms with E-state index >= 15 is 0 Å². The number of hydrogen-bond donors (Lipinski definition) is 0. The fourth-order valence-electron chi connectivity index (χ4n) is 4.00. The molecule has 0 radical (unpaired) electrons. The van der Waals surface area contributed by atoms with Crippen LogP contribution < -0.4 is 0 Å². The maximum absolute atomic E-state index is 12.8. The first kappa shape index (κ1) is 20.5. The summed E-state index contributed by atoms with van der Waals surface area (Å²) >= 11 is 1.71. The molecule has 0 bridgehead atoms. The first-order chi connectivity index (χ1) is 14.1. The number of carbonyl (C=O) groups excluding carboxylic acids is 1. The SMILES string of the molecule is O=C(CCc1ccc(S(=O)(=O)N2CCOCC2)cc1)N1CCC[C@@H]1c1cccs1. The normalized spacial score (nSPS) is 20.8. The molecule has 2 aliphatic heterocycles. The van der Waals surface area contributed by atoms with Gasteiger partial charge >= 0.3 is 0 Å². The lowest BCUT2D eigenvalue weighted by atomic mass is 10.1. The minimum absolute atomic E-state index is 0.172. The monoisotopic (exact) mass is 434 g/mol. The van der Waals surface area contributed by atoms with Crippen molar-refractivity contribution in [3.8, 4) is 0 Å². The highest BCUT2D eigenvalue weighted by molar-refractivity contribution is 7.89. The van der Waals surface area contributed by atoms with Crippen LogP contribution in [0.3, 0.4) is 0 Å². The average molecular weight is 435 g/mol. The zero-order valence-electron chi connectivity index (χ0n) is 16.3. The lowest BCUT2D eigenvalue weighted by Gasteiger charge is -2.26. The molecule has 4 rings (SSSR count). The van der Waals surface area contributed by atoms with Crippen molar-refractivity contribution in [1.29, 1.82) is 0 Å². The maximum Gasteiger partial charge on any atom is 0.243 e. The number of amides is 1. The third-order valence-electron chi connectivity index (χ3n) is 5.60. The minimum atomic E-state index is -3.48. The summed E-state index contributed by atoms with van der Waals surface area (Å²) < 4.78 is 32.1. The van der Waals surface area contributed by atoms with Crippen molar-refractivity contribution >= 4 is 27.3 Å². The van der Waals surface area contributed by atoms with Crippen LogP contribution in [0.5, 0.6) is 0 Å². The van der Waals surface area contributed by atoms with E-state index in [0.29, 0.717) is 44.0 Å². The molecule has 2 aliphatic rings. The van der Waals surface area contributed by atoms with Crippen molar-refractivity contribution in [1.82, 2.24) is 9.21 Å². The first-order valence-electron chi connectivity index (χ1n) is 10.1. The molecule has 2 saturated heterocycles. The van der Waals surface area contributed by atoms with Crippen LogP contribution in [0, 0.1) is 0 Å². The Kier molecular flexibility index (Phi) is 6.34. The summed E-state index contributed by atoms with van der Waals surface area (Å²) in [5, 5.41) is 2.06. The minimum Gasteiger partial charge on any atom is -0.379 e. The molecule has 0 saturated carbocycles. The van der Waals surface area contributed by atoms with Gasteiger partial charge in [0.25, 0.3) is 0 Å². The summed E-state index contributed by atoms with van der Waals surface area (Å²) in [6.07, 6.45) is 3.13. The topological polar surface area (TPSA) is 66.9 Å². The Balaban J connectivity index is 1.36. The van der Waals surface area contributed by atoms with Crippen molar-refractivity contribution in [2.24, 2.45) is 0 Å². The van der Waals surface area contributed by atoms with Gasteiger partial charge < -0.3 is 9.64 Å². The van der Waals surface area contributed by atoms with E-state index in [4.69, 9.17) is 4.74 Å². The first-order valence-corrected chi connectivity index (χ1v) is 12.4. The van der Waals surface area contributed by atoms with Gasteiger partial charge in [0, 0.05) is 30.9 Å². The lowest BCUT2D eigenvalue weighted by Crippen LogP contribution is -2.40. The zero-order valence-corrected chi connectivity index (χ0v) is 18.0. The Hall–Kier alpha value is -1.74. The van der Waals surface area contributed by atoms with Gasteiger partial charge in [-0.2, -0.15) is 4.31 Å². The second-order valence-corrected chi connectivity index (χ2v) is 10.3. The van der Waals surface area contributed by atoms with E-state index in [1.165, 1.54) is 9.18 Å². The Labute approximate surface area is 176 Å². The molecule has 6 nitrogen and oxygen atoms in total. The summed E-state index contributed by atoms with van der Waals surface area (Å²) in [5.41, 5.74) is 0.978. The van der Waals surface area contributed by atoms with Crippen molar-refractivity contribution in [2.45, 2.75) is 36.6 Å². The van der Waals surface area contributed by atoms with Crippen LogP contribution >= 0.6 is 11.3 Å². The van der Waals surface area contributed by atoms with Gasteiger partial charge in [0.1, 0.15) is 0 Å². The molecule has 1 amide bonds. The summed E-state index contributed by atoms with van der Waals surface area (Å²) in [5.74, 6) is 0.172. The molecule has 8 heteroatoms. The molecule has 0 aliphatic carbocycles. The third kappa shape index (κ3) is 4.55. The summed E-state index contributed by atoms with van der Waals surface area (Å²) in [4.78, 5) is 16.3. The van der Waals surface area contributed by atoms with Crippen LogP contribution in [0.15, 0.2) is 46.7 Å². The predicted molar refractivity (Wildman–Crippen MR) is 112 cm³/mol. The van der Waals surface area contributed by atoms with Crippen LogP contribution in [-0.2, 0) is 26.0 Å². The molecule has 0 unspecified atom stereocenters. The van der Waals surface area contributed by atoms with Gasteiger partial charge in [0.15, 0.2) is 0 Å². The lowest BCUT2D eigenvalue weighted by molar-refractivity contribution is -0.132. The van der Waals surface area contributed by atoms with Gasteiger partial charge in [-0.1, -0.05) is 18.2 Å². The van der Waals surface area contributed by atoms with Crippen LogP contribution in [0.4, 0.5) is 0 Å². The average Bonchev–Trinajstić information content (AvgIpc) is 3.44. The molecule has 1 aromatic carbocycles. The molecule has 1 atom stereocenters. The third-order valence-corrected chi connectivity index (χ3v) is 8.49. The van der Waals surface area contributed by atoms with Crippen molar-refractivity contribution in [3.05, 3.63) is 52.2 Å². The Morgan fingerprint density at radius 3 is 2.55 bits per heavy atom. The van der Waals surface area contributed by atoms with Gasteiger partial charge in [0.05, 0.1) is 24.2 Å². The molecule has 156 valence electrons. The molecule has 2 fully saturated rings. The molecule has 0 spiro atoms. The van der Waals surface area contributed by atoms with Gasteiger partial charge in [-0.3, -0.25) is 4.79 Å². The van der Waals surface area contributed by atoms with E-state index in [9.17, 15) is 13.2 Å². The largest absolute Gasteiger partial charge is 0.379 e. The number of rotatable bonds is 6. The zero-order chi connectivity index (χ0) is 20.3. The number of sulfonamides is 1. The number of aryl methyl sites for hydroxylation is 1. The molecule has 1 aromatic heterocycles. The standard InChI is InChI=1S/C21H26N2O4S2/c24-21(23-11-1-3-19(23)20-4-2-16-28-20)10-7-17-5-8-18(9-6-17)29(25,26)22-12-14-27-15-13-22/h2,4-6,8-9,16,19H,1,3,7,10-15H2/t19-/m1/s1. The molecule has 29 heavy (non-hydrogen) atoms. The van der Waals surface area contributed by atoms with Crippen LogP contribution in [0.2, 0.25) is 0 Å². The van der Waals surface area contributed by atoms with Gasteiger partial charge in [-0.05, 0) is 48.4 Å². The predicted octanol–water partition coefficient (Wildman–Crippen LogP) is 3.07. The Morgan fingerprint density at radius 2 is 1.86 bits per heavy atom. The molecular formula is C21H26N2O4S2. The highest BCUT2D eigenvalue weighted by atomic mass is 32.2. The van der Waals surface area contributed by atoms with Crippen LogP contribution in [0.1, 0.15) is 35.7 Å². The maximum atomic E-state index is 12.8. The fraction of sp³-hybridized carbons (Fsp3) is 0.476. The Morgan fingerprint density at radius 1 is 1.10 bits per heavy atom. The molecular weight excluding hydrogens is 408 g/mol. The number of nitrogens with zero attached hydrogens (tertiary/aromatic N) is 2. The molecule has 0 N–H and O–H groups in total. The highest BCUT2D eigenvalue weighted by Gasteiger charge is 2.30. The number of thiophene rings is 1. The number of ether oxygens (including phenoxy) is 1. The van der Waals surface area contributed by atoms with E-state index in [1.54, 1.807) is 23.5 Å². The fourth-order valence-corrected chi connectivity index (χ4v) is 6.28. The summed E-state index contributed by atoms with van der Waals surface area (Å²) in [6.45, 7) is 2.46. The van der Waals surface area contributed by atoms with Gasteiger partial charge in [0.2, 0.25) is 15.9 Å². The van der Waals surface area contributed by atoms with Crippen molar-refractivity contribution < 1.29 is 17.9 Å². The van der Waals surface area contributed by atoms with E-state index < -0.39 is 10.0 Å². The second-order valence-electron chi connectivity index (χ2n) is 7.42. The van der Waals surface area contributed by atoms with E-state index in [1.807, 2.05) is 23.1 Å². The van der Waals surface area contributed by atoms with E-state index in [2.05, 4.69) is 11.4 Å². The van der Waals surface area contributed by atoms with Gasteiger partial charge in [-0.25, -0.2) is 8.42 Å². The van der Waals surface area contributed by atoms with Gasteiger partial charge in [-0.15, -0.1) is 11.3 Å². The number of morpholine rings is 1. The number of carbonyl (C=O) groups is 1. The molecule has 2 aromatic rings. The Bertz CT molecular complexity index is 920. The number of benzene rings is 1. The van der Waals surface area contributed by atoms with Crippen LogP contribution in [0.25, 0.3) is 0 Å². The van der Waals surface area contributed by atoms with E-state index in [0.717, 1.165) is 24.9 Å². The van der Waals surface area contributed by atoms with E-state index in [-0.39, 0.29) is 11.9 Å². The highest BCUT2D eigenvalue weighted by Crippen LogP contribution is 2.35. The van der Waals surface area contributed by atoms with Crippen molar-refractivity contribution in [3.63, 3.8) is 0 Å². The molecule has 3 heterocycles. The van der Waals surface area contributed by atoms with Crippen molar-refractivity contribution in [2.75, 3.05) is 32.8 Å². The summed E-state index contributed by atoms with van der Waals surface area (Å²) in [7, 11) is -3.48. The van der Waals surface area contributed by atoms with Crippen LogP contribution in [-0.4, -0.2) is 56.4 Å². The number of likely N-dealkylation sites (tertiary alicyclic amines) is 1. The smallest absolute Gasteiger partial charge is 0.243 e. The number of hydrogen-bond acceptors (Lipinski definition) is 5. The quantitative estimate of drug-likeness (QED) is 0.701. The summed E-state index contributed by atoms with van der Waals surface area (Å²) in [6, 6.07) is 11.3.